The Morgan fingerprint density at radius 1 is 1.08 bits per heavy atom. The van der Waals surface area contributed by atoms with Gasteiger partial charge in [-0.3, -0.25) is 4.79 Å². The van der Waals surface area contributed by atoms with Crippen LogP contribution in [0.2, 0.25) is 0 Å². The fourth-order valence-electron chi connectivity index (χ4n) is 2.08. The number of rotatable bonds is 6. The van der Waals surface area contributed by atoms with E-state index in [1.807, 2.05) is 0 Å². The molecule has 1 atom stereocenters. The van der Waals surface area contributed by atoms with E-state index in [9.17, 15) is 23.1 Å². The van der Waals surface area contributed by atoms with Gasteiger partial charge in [0.25, 0.3) is 5.91 Å². The lowest BCUT2D eigenvalue weighted by Gasteiger charge is -2.18. The van der Waals surface area contributed by atoms with Crippen molar-refractivity contribution in [3.63, 3.8) is 0 Å². The second kappa shape index (κ2) is 7.83. The molecule has 2 N–H and O–H groups in total. The predicted molar refractivity (Wildman–Crippen MR) is 81.4 cm³/mol. The first-order valence-electron chi connectivity index (χ1n) is 7.16. The quantitative estimate of drug-likeness (QED) is 0.851. The van der Waals surface area contributed by atoms with Gasteiger partial charge in [-0.05, 0) is 23.8 Å². The van der Waals surface area contributed by atoms with Crippen LogP contribution in [0, 0.1) is 0 Å². The summed E-state index contributed by atoms with van der Waals surface area (Å²) in [4.78, 5) is 11.7. The van der Waals surface area contributed by atoms with Crippen molar-refractivity contribution >= 4 is 5.91 Å². The molecule has 0 aliphatic rings. The Balaban J connectivity index is 1.89. The van der Waals surface area contributed by atoms with E-state index in [1.165, 1.54) is 18.2 Å². The Hall–Kier alpha value is -2.54. The molecule has 0 saturated heterocycles. The number of hydrogen-bond donors (Lipinski definition) is 2. The SMILES string of the molecule is O=C(COc1ccccc1)NC[C@H](O)c1ccccc1C(F)(F)F. The Labute approximate surface area is 136 Å². The number of benzene rings is 2. The van der Waals surface area contributed by atoms with Gasteiger partial charge in [-0.2, -0.15) is 13.2 Å². The molecule has 2 aromatic carbocycles. The molecule has 0 bridgehead atoms. The lowest BCUT2D eigenvalue weighted by molar-refractivity contribution is -0.139. The van der Waals surface area contributed by atoms with Gasteiger partial charge in [0.15, 0.2) is 6.61 Å². The highest BCUT2D eigenvalue weighted by molar-refractivity contribution is 5.77. The molecule has 0 heterocycles. The molecule has 0 unspecified atom stereocenters. The molecule has 0 radical (unpaired) electrons. The summed E-state index contributed by atoms with van der Waals surface area (Å²) < 4.78 is 43.9. The number of amides is 1. The average molecular weight is 339 g/mol. The van der Waals surface area contributed by atoms with E-state index in [1.54, 1.807) is 30.3 Å². The Morgan fingerprint density at radius 2 is 1.71 bits per heavy atom. The monoisotopic (exact) mass is 339 g/mol. The van der Waals surface area contributed by atoms with Crippen LogP contribution < -0.4 is 10.1 Å². The largest absolute Gasteiger partial charge is 0.484 e. The third-order valence-corrected chi connectivity index (χ3v) is 3.23. The Morgan fingerprint density at radius 3 is 2.38 bits per heavy atom. The number of carbonyl (C=O) groups excluding carboxylic acids is 1. The maximum Gasteiger partial charge on any atom is 0.416 e. The first kappa shape index (κ1) is 17.8. The number of ether oxygens (including phenoxy) is 1. The van der Waals surface area contributed by atoms with Gasteiger partial charge in [0, 0.05) is 6.54 Å². The molecule has 24 heavy (non-hydrogen) atoms. The molecule has 0 aromatic heterocycles. The molecule has 0 fully saturated rings. The summed E-state index contributed by atoms with van der Waals surface area (Å²) in [5, 5.41) is 12.3. The predicted octanol–water partition coefficient (Wildman–Crippen LogP) is 2.93. The van der Waals surface area contributed by atoms with Crippen molar-refractivity contribution in [3.05, 3.63) is 65.7 Å². The zero-order valence-electron chi connectivity index (χ0n) is 12.6. The number of halogens is 3. The lowest BCUT2D eigenvalue weighted by Crippen LogP contribution is -2.33. The van der Waals surface area contributed by atoms with Crippen LogP contribution in [0.3, 0.4) is 0 Å². The highest BCUT2D eigenvalue weighted by atomic mass is 19.4. The summed E-state index contributed by atoms with van der Waals surface area (Å²) in [6, 6.07) is 13.3. The van der Waals surface area contributed by atoms with Crippen LogP contribution in [-0.4, -0.2) is 24.2 Å². The van der Waals surface area contributed by atoms with Crippen molar-refractivity contribution in [2.45, 2.75) is 12.3 Å². The molecule has 7 heteroatoms. The summed E-state index contributed by atoms with van der Waals surface area (Å²) in [6.07, 6.45) is -6.04. The summed E-state index contributed by atoms with van der Waals surface area (Å²) in [5.74, 6) is -0.0435. The normalized spacial score (nSPS) is 12.5. The fraction of sp³-hybridized carbons (Fsp3) is 0.235. The van der Waals surface area contributed by atoms with Crippen molar-refractivity contribution in [1.82, 2.24) is 5.32 Å². The molecular weight excluding hydrogens is 323 g/mol. The fourth-order valence-corrected chi connectivity index (χ4v) is 2.08. The number of nitrogens with one attached hydrogen (secondary N) is 1. The molecule has 0 aliphatic heterocycles. The highest BCUT2D eigenvalue weighted by Gasteiger charge is 2.34. The average Bonchev–Trinajstić information content (AvgIpc) is 2.58. The Bertz CT molecular complexity index is 674. The van der Waals surface area contributed by atoms with E-state index in [0.29, 0.717) is 5.75 Å². The van der Waals surface area contributed by atoms with Crippen molar-refractivity contribution in [2.75, 3.05) is 13.2 Å². The number of carbonyl (C=O) groups is 1. The second-order valence-corrected chi connectivity index (χ2v) is 5.01. The number of para-hydroxylation sites is 1. The van der Waals surface area contributed by atoms with Crippen molar-refractivity contribution < 1.29 is 27.8 Å². The van der Waals surface area contributed by atoms with Crippen LogP contribution in [0.5, 0.6) is 5.75 Å². The van der Waals surface area contributed by atoms with E-state index in [2.05, 4.69) is 5.32 Å². The van der Waals surface area contributed by atoms with Gasteiger partial charge >= 0.3 is 6.18 Å². The van der Waals surface area contributed by atoms with Crippen molar-refractivity contribution in [2.24, 2.45) is 0 Å². The molecule has 4 nitrogen and oxygen atoms in total. The maximum atomic E-state index is 12.9. The number of aliphatic hydroxyl groups excluding tert-OH is 1. The summed E-state index contributed by atoms with van der Waals surface area (Å²) >= 11 is 0. The minimum Gasteiger partial charge on any atom is -0.484 e. The molecule has 128 valence electrons. The van der Waals surface area contributed by atoms with Gasteiger partial charge < -0.3 is 15.2 Å². The van der Waals surface area contributed by atoms with E-state index >= 15 is 0 Å². The molecule has 2 rings (SSSR count). The van der Waals surface area contributed by atoms with Crippen LogP contribution in [0.4, 0.5) is 13.2 Å². The van der Waals surface area contributed by atoms with Crippen LogP contribution in [0.25, 0.3) is 0 Å². The highest BCUT2D eigenvalue weighted by Crippen LogP contribution is 2.34. The number of aliphatic hydroxyl groups is 1. The third kappa shape index (κ3) is 4.99. The second-order valence-electron chi connectivity index (χ2n) is 5.01. The van der Waals surface area contributed by atoms with Gasteiger partial charge in [0.05, 0.1) is 11.7 Å². The van der Waals surface area contributed by atoms with Gasteiger partial charge in [-0.1, -0.05) is 36.4 Å². The minimum absolute atomic E-state index is 0.283. The summed E-state index contributed by atoms with van der Waals surface area (Å²) in [7, 11) is 0. The number of hydrogen-bond acceptors (Lipinski definition) is 3. The third-order valence-electron chi connectivity index (χ3n) is 3.23. The van der Waals surface area contributed by atoms with Crippen LogP contribution >= 0.6 is 0 Å². The minimum atomic E-state index is -4.57. The van der Waals surface area contributed by atoms with Gasteiger partial charge in [0.2, 0.25) is 0 Å². The number of alkyl halides is 3. The first-order valence-corrected chi connectivity index (χ1v) is 7.16. The van der Waals surface area contributed by atoms with E-state index < -0.39 is 23.8 Å². The Kier molecular flexibility index (Phi) is 5.81. The van der Waals surface area contributed by atoms with E-state index in [-0.39, 0.29) is 18.7 Å². The zero-order chi connectivity index (χ0) is 17.6. The molecule has 0 saturated carbocycles. The van der Waals surface area contributed by atoms with E-state index in [0.717, 1.165) is 6.07 Å². The van der Waals surface area contributed by atoms with Crippen LogP contribution in [0.15, 0.2) is 54.6 Å². The molecule has 0 aliphatic carbocycles. The topological polar surface area (TPSA) is 58.6 Å². The lowest BCUT2D eigenvalue weighted by atomic mass is 10.0. The molecular formula is C17H16F3NO3. The van der Waals surface area contributed by atoms with E-state index in [4.69, 9.17) is 4.74 Å². The van der Waals surface area contributed by atoms with Crippen molar-refractivity contribution in [1.29, 1.82) is 0 Å². The molecule has 2 aromatic rings. The zero-order valence-corrected chi connectivity index (χ0v) is 12.6. The van der Waals surface area contributed by atoms with Crippen LogP contribution in [-0.2, 0) is 11.0 Å². The molecule has 1 amide bonds. The van der Waals surface area contributed by atoms with Crippen LogP contribution in [0.1, 0.15) is 17.2 Å². The standard InChI is InChI=1S/C17H16F3NO3/c18-17(19,20)14-9-5-4-8-13(14)15(22)10-21-16(23)11-24-12-6-2-1-3-7-12/h1-9,15,22H,10-11H2,(H,21,23)/t15-/m0/s1. The maximum absolute atomic E-state index is 12.9. The summed E-state index contributed by atoms with van der Waals surface area (Å²) in [5.41, 5.74) is -1.21. The smallest absolute Gasteiger partial charge is 0.416 e. The first-order chi connectivity index (χ1) is 11.4. The van der Waals surface area contributed by atoms with Gasteiger partial charge in [-0.25, -0.2) is 0 Å². The van der Waals surface area contributed by atoms with Crippen molar-refractivity contribution in [3.8, 4) is 5.75 Å². The van der Waals surface area contributed by atoms with Gasteiger partial charge in [0.1, 0.15) is 5.75 Å². The van der Waals surface area contributed by atoms with Gasteiger partial charge in [-0.15, -0.1) is 0 Å². The molecule has 0 spiro atoms. The summed E-state index contributed by atoms with van der Waals surface area (Å²) in [6.45, 7) is -0.637.